The first-order chi connectivity index (χ1) is 14.7. The number of pyridine rings is 1. The standard InChI is InChI=1S/C24H31FNO5P/c1-15(2)23-19(10-11-32(30,31)14-18(27)12-22(28)29)20(13-21(26-23)24(3,4)5)16-6-8-17(25)9-7-16/h6-9,13,15H,10-12,14H2,1-5H3,(H,28,29)(H,30,31). The van der Waals surface area contributed by atoms with Gasteiger partial charge in [0, 0.05) is 23.0 Å². The number of halogens is 1. The van der Waals surface area contributed by atoms with E-state index in [9.17, 15) is 23.4 Å². The zero-order chi connectivity index (χ0) is 24.3. The quantitative estimate of drug-likeness (QED) is 0.393. The van der Waals surface area contributed by atoms with Crippen molar-refractivity contribution in [1.82, 2.24) is 4.98 Å². The smallest absolute Gasteiger partial charge is 0.310 e. The van der Waals surface area contributed by atoms with Crippen LogP contribution in [0.3, 0.4) is 0 Å². The molecule has 0 fully saturated rings. The van der Waals surface area contributed by atoms with Gasteiger partial charge in [-0.1, -0.05) is 46.8 Å². The number of carbonyl (C=O) groups excluding carboxylic acids is 1. The van der Waals surface area contributed by atoms with Crippen molar-refractivity contribution in [3.63, 3.8) is 0 Å². The fourth-order valence-corrected chi connectivity index (χ4v) is 4.86. The van der Waals surface area contributed by atoms with Crippen LogP contribution < -0.4 is 0 Å². The Morgan fingerprint density at radius 1 is 1.16 bits per heavy atom. The highest BCUT2D eigenvalue weighted by atomic mass is 31.2. The Morgan fingerprint density at radius 2 is 1.75 bits per heavy atom. The molecule has 1 aromatic heterocycles. The summed E-state index contributed by atoms with van der Waals surface area (Å²) in [5.74, 6) is -2.43. The van der Waals surface area contributed by atoms with Gasteiger partial charge in [0.25, 0.3) is 0 Å². The molecule has 0 saturated heterocycles. The van der Waals surface area contributed by atoms with Crippen molar-refractivity contribution in [3.05, 3.63) is 53.1 Å². The summed E-state index contributed by atoms with van der Waals surface area (Å²) in [4.78, 5) is 37.7. The van der Waals surface area contributed by atoms with Gasteiger partial charge in [0.05, 0.1) is 6.16 Å². The number of aliphatic carboxylic acids is 1. The summed E-state index contributed by atoms with van der Waals surface area (Å²) in [6, 6.07) is 8.01. The molecule has 0 aliphatic carbocycles. The van der Waals surface area contributed by atoms with Crippen molar-refractivity contribution in [3.8, 4) is 11.1 Å². The summed E-state index contributed by atoms with van der Waals surface area (Å²) in [6.45, 7) is 10.1. The molecule has 2 aromatic rings. The summed E-state index contributed by atoms with van der Waals surface area (Å²) < 4.78 is 26.2. The second kappa shape index (κ2) is 10.1. The van der Waals surface area contributed by atoms with Gasteiger partial charge in [-0.25, -0.2) is 4.39 Å². The number of nitrogens with zero attached hydrogens (tertiary/aromatic N) is 1. The number of Topliss-reactive ketones (excluding diaryl/α,β-unsaturated/α-hetero) is 1. The Balaban J connectivity index is 2.52. The van der Waals surface area contributed by atoms with Crippen LogP contribution in [0.1, 0.15) is 63.9 Å². The molecule has 1 aromatic carbocycles. The Hall–Kier alpha value is -2.37. The highest BCUT2D eigenvalue weighted by molar-refractivity contribution is 7.59. The van der Waals surface area contributed by atoms with E-state index in [1.165, 1.54) is 12.1 Å². The SMILES string of the molecule is CC(C)c1nc(C(C)(C)C)cc(-c2ccc(F)cc2)c1CCP(=O)(O)CC(=O)CC(=O)O. The Labute approximate surface area is 188 Å². The first-order valence-corrected chi connectivity index (χ1v) is 12.6. The normalized spacial score (nSPS) is 13.8. The molecular weight excluding hydrogens is 432 g/mol. The van der Waals surface area contributed by atoms with Crippen LogP contribution in [0.2, 0.25) is 0 Å². The average Bonchev–Trinajstić information content (AvgIpc) is 2.64. The van der Waals surface area contributed by atoms with E-state index < -0.39 is 31.7 Å². The van der Waals surface area contributed by atoms with Crippen LogP contribution in [0.4, 0.5) is 4.39 Å². The molecule has 0 amide bonds. The monoisotopic (exact) mass is 463 g/mol. The molecule has 174 valence electrons. The van der Waals surface area contributed by atoms with Crippen molar-refractivity contribution in [2.45, 2.75) is 58.8 Å². The second-order valence-electron chi connectivity index (χ2n) is 9.42. The summed E-state index contributed by atoms with van der Waals surface area (Å²) >= 11 is 0. The fraction of sp³-hybridized carbons (Fsp3) is 0.458. The van der Waals surface area contributed by atoms with Crippen molar-refractivity contribution < 1.29 is 28.5 Å². The van der Waals surface area contributed by atoms with Crippen LogP contribution in [0.25, 0.3) is 11.1 Å². The van der Waals surface area contributed by atoms with E-state index in [0.29, 0.717) is 0 Å². The van der Waals surface area contributed by atoms with Crippen molar-refractivity contribution in [2.24, 2.45) is 0 Å². The van der Waals surface area contributed by atoms with Gasteiger partial charge in [-0.2, -0.15) is 0 Å². The summed E-state index contributed by atoms with van der Waals surface area (Å²) in [5, 5.41) is 8.73. The first-order valence-electron chi connectivity index (χ1n) is 10.5. The lowest BCUT2D eigenvalue weighted by Gasteiger charge is -2.25. The largest absolute Gasteiger partial charge is 0.481 e. The van der Waals surface area contributed by atoms with Crippen LogP contribution in [-0.2, 0) is 26.0 Å². The number of ketones is 1. The molecular formula is C24H31FNO5P. The average molecular weight is 463 g/mol. The maximum absolute atomic E-state index is 13.5. The van der Waals surface area contributed by atoms with E-state index in [1.807, 2.05) is 40.7 Å². The van der Waals surface area contributed by atoms with Gasteiger partial charge in [-0.3, -0.25) is 19.1 Å². The number of hydrogen-bond acceptors (Lipinski definition) is 4. The summed E-state index contributed by atoms with van der Waals surface area (Å²) in [6.07, 6.45) is -1.44. The molecule has 6 nitrogen and oxygen atoms in total. The number of carboxylic acids is 1. The van der Waals surface area contributed by atoms with Gasteiger partial charge in [-0.05, 0) is 47.2 Å². The minimum absolute atomic E-state index is 0.0261. The van der Waals surface area contributed by atoms with E-state index in [1.54, 1.807) is 12.1 Å². The van der Waals surface area contributed by atoms with E-state index in [2.05, 4.69) is 0 Å². The fourth-order valence-electron chi connectivity index (χ4n) is 3.47. The molecule has 0 spiro atoms. The van der Waals surface area contributed by atoms with Crippen molar-refractivity contribution >= 4 is 19.1 Å². The van der Waals surface area contributed by atoms with Gasteiger partial charge in [0.1, 0.15) is 12.2 Å². The molecule has 8 heteroatoms. The molecule has 0 bridgehead atoms. The molecule has 1 atom stereocenters. The lowest BCUT2D eigenvalue weighted by atomic mass is 9.86. The summed E-state index contributed by atoms with van der Waals surface area (Å²) in [7, 11) is -3.88. The Morgan fingerprint density at radius 3 is 2.25 bits per heavy atom. The Kier molecular flexibility index (Phi) is 8.13. The van der Waals surface area contributed by atoms with E-state index in [0.717, 1.165) is 28.1 Å². The summed E-state index contributed by atoms with van der Waals surface area (Å²) in [5.41, 5.74) is 3.75. The minimum atomic E-state index is -3.88. The molecule has 2 N–H and O–H groups in total. The molecule has 0 aliphatic rings. The van der Waals surface area contributed by atoms with Crippen LogP contribution in [0.15, 0.2) is 30.3 Å². The second-order valence-corrected chi connectivity index (χ2v) is 11.9. The van der Waals surface area contributed by atoms with E-state index in [-0.39, 0.29) is 29.7 Å². The van der Waals surface area contributed by atoms with Gasteiger partial charge >= 0.3 is 5.97 Å². The van der Waals surface area contributed by atoms with Gasteiger partial charge < -0.3 is 10.00 Å². The van der Waals surface area contributed by atoms with E-state index >= 15 is 0 Å². The lowest BCUT2D eigenvalue weighted by molar-refractivity contribution is -0.139. The minimum Gasteiger partial charge on any atom is -0.481 e. The zero-order valence-electron chi connectivity index (χ0n) is 19.2. The molecule has 1 unspecified atom stereocenters. The maximum atomic E-state index is 13.5. The van der Waals surface area contributed by atoms with Gasteiger partial charge in [0.15, 0.2) is 5.78 Å². The topological polar surface area (TPSA) is 105 Å². The third-order valence-electron chi connectivity index (χ3n) is 5.11. The third kappa shape index (κ3) is 7.07. The molecule has 0 aliphatic heterocycles. The number of carbonyl (C=O) groups is 2. The van der Waals surface area contributed by atoms with Crippen LogP contribution in [0.5, 0.6) is 0 Å². The van der Waals surface area contributed by atoms with E-state index in [4.69, 9.17) is 10.1 Å². The van der Waals surface area contributed by atoms with Crippen molar-refractivity contribution in [1.29, 1.82) is 0 Å². The number of carboxylic acid groups (broad SMARTS) is 1. The van der Waals surface area contributed by atoms with Gasteiger partial charge in [0.2, 0.25) is 7.37 Å². The van der Waals surface area contributed by atoms with Crippen LogP contribution >= 0.6 is 7.37 Å². The molecule has 1 heterocycles. The predicted molar refractivity (Wildman–Crippen MR) is 123 cm³/mol. The predicted octanol–water partition coefficient (Wildman–Crippen LogP) is 5.17. The Bertz CT molecular complexity index is 1040. The highest BCUT2D eigenvalue weighted by Gasteiger charge is 2.27. The highest BCUT2D eigenvalue weighted by Crippen LogP contribution is 2.43. The molecule has 2 rings (SSSR count). The maximum Gasteiger partial charge on any atom is 0.310 e. The number of benzene rings is 1. The lowest BCUT2D eigenvalue weighted by Crippen LogP contribution is -2.18. The first kappa shape index (κ1) is 25.9. The third-order valence-corrected chi connectivity index (χ3v) is 6.88. The van der Waals surface area contributed by atoms with Crippen LogP contribution in [-0.4, -0.2) is 39.1 Å². The molecule has 32 heavy (non-hydrogen) atoms. The van der Waals surface area contributed by atoms with Gasteiger partial charge in [-0.15, -0.1) is 0 Å². The zero-order valence-corrected chi connectivity index (χ0v) is 20.1. The number of hydrogen-bond donors (Lipinski definition) is 2. The van der Waals surface area contributed by atoms with Crippen LogP contribution in [0, 0.1) is 5.82 Å². The molecule has 0 saturated carbocycles. The van der Waals surface area contributed by atoms with Crippen molar-refractivity contribution in [2.75, 3.05) is 12.3 Å². The number of aromatic nitrogens is 1. The molecule has 0 radical (unpaired) electrons. The number of rotatable bonds is 9.